The number of carbonyl (C=O) groups excluding carboxylic acids is 1. The van der Waals surface area contributed by atoms with Crippen LogP contribution in [0.15, 0.2) is 48.5 Å². The van der Waals surface area contributed by atoms with E-state index in [1.54, 1.807) is 6.92 Å². The molecule has 5 nitrogen and oxygen atoms in total. The van der Waals surface area contributed by atoms with Crippen LogP contribution in [-0.2, 0) is 16.0 Å². The molecule has 1 N–H and O–H groups in total. The first-order valence-corrected chi connectivity index (χ1v) is 9.55. The molecule has 0 spiro atoms. The Balaban J connectivity index is 1.47. The van der Waals surface area contributed by atoms with Crippen molar-refractivity contribution in [3.63, 3.8) is 0 Å². The first-order chi connectivity index (χ1) is 13.1. The van der Waals surface area contributed by atoms with Gasteiger partial charge in [0, 0.05) is 12.3 Å². The number of nitrogens with one attached hydrogen (secondary N) is 1. The molecule has 1 aliphatic heterocycles. The van der Waals surface area contributed by atoms with E-state index < -0.39 is 6.10 Å². The van der Waals surface area contributed by atoms with Crippen molar-refractivity contribution in [1.82, 2.24) is 0 Å². The van der Waals surface area contributed by atoms with Gasteiger partial charge in [-0.1, -0.05) is 19.1 Å². The van der Waals surface area contributed by atoms with Gasteiger partial charge in [-0.2, -0.15) is 0 Å². The van der Waals surface area contributed by atoms with Crippen LogP contribution in [0.4, 0.5) is 5.69 Å². The summed E-state index contributed by atoms with van der Waals surface area (Å²) in [7, 11) is 0. The monoisotopic (exact) mass is 369 g/mol. The van der Waals surface area contributed by atoms with Crippen LogP contribution in [0.25, 0.3) is 0 Å². The van der Waals surface area contributed by atoms with Crippen LogP contribution in [0.2, 0.25) is 0 Å². The fourth-order valence-electron chi connectivity index (χ4n) is 2.90. The summed E-state index contributed by atoms with van der Waals surface area (Å²) in [5.74, 6) is 1.26. The molecule has 2 aromatic carbocycles. The second-order valence-corrected chi connectivity index (χ2v) is 6.72. The van der Waals surface area contributed by atoms with Gasteiger partial charge < -0.3 is 19.5 Å². The van der Waals surface area contributed by atoms with Crippen molar-refractivity contribution in [3.8, 4) is 11.5 Å². The van der Waals surface area contributed by atoms with Gasteiger partial charge in [-0.05, 0) is 68.1 Å². The Morgan fingerprint density at radius 1 is 1.15 bits per heavy atom. The van der Waals surface area contributed by atoms with Crippen molar-refractivity contribution in [2.75, 3.05) is 18.5 Å². The normalized spacial score (nSPS) is 17.3. The fourth-order valence-corrected chi connectivity index (χ4v) is 2.90. The average Bonchev–Trinajstić information content (AvgIpc) is 3.21. The maximum Gasteiger partial charge on any atom is 0.265 e. The van der Waals surface area contributed by atoms with Crippen molar-refractivity contribution in [3.05, 3.63) is 54.1 Å². The van der Waals surface area contributed by atoms with E-state index in [0.29, 0.717) is 18.0 Å². The topological polar surface area (TPSA) is 56.8 Å². The van der Waals surface area contributed by atoms with Crippen LogP contribution in [0.3, 0.4) is 0 Å². The molecular weight excluding hydrogens is 342 g/mol. The summed E-state index contributed by atoms with van der Waals surface area (Å²) < 4.78 is 17.0. The third kappa shape index (κ3) is 5.73. The maximum atomic E-state index is 12.3. The van der Waals surface area contributed by atoms with Crippen LogP contribution >= 0.6 is 0 Å². The number of benzene rings is 2. The summed E-state index contributed by atoms with van der Waals surface area (Å²) in [5, 5.41) is 2.86. The smallest absolute Gasteiger partial charge is 0.265 e. The quantitative estimate of drug-likeness (QED) is 0.757. The number of ether oxygens (including phenoxy) is 3. The molecule has 1 aliphatic rings. The zero-order chi connectivity index (χ0) is 19.1. The van der Waals surface area contributed by atoms with Gasteiger partial charge in [0.2, 0.25) is 0 Å². The Bertz CT molecular complexity index is 721. The summed E-state index contributed by atoms with van der Waals surface area (Å²) in [6.07, 6.45) is 2.72. The maximum absolute atomic E-state index is 12.3. The number of hydrogen-bond acceptors (Lipinski definition) is 4. The van der Waals surface area contributed by atoms with Crippen LogP contribution in [0.1, 0.15) is 32.3 Å². The first-order valence-electron chi connectivity index (χ1n) is 9.55. The standard InChI is InChI=1S/C22H27NO4/c1-3-17-6-10-20(11-7-17)27-16(2)22(24)23-18-8-12-19(13-9-18)26-15-21-5-4-14-25-21/h6-13,16,21H,3-5,14-15H2,1-2H3,(H,23,24)/t16-,21+/m1/s1. The number of hydrogen-bond donors (Lipinski definition) is 1. The molecule has 1 amide bonds. The zero-order valence-electron chi connectivity index (χ0n) is 15.9. The average molecular weight is 369 g/mol. The largest absolute Gasteiger partial charge is 0.491 e. The van der Waals surface area contributed by atoms with Gasteiger partial charge >= 0.3 is 0 Å². The lowest BCUT2D eigenvalue weighted by Gasteiger charge is -2.15. The van der Waals surface area contributed by atoms with Gasteiger partial charge in [0.05, 0.1) is 6.10 Å². The summed E-state index contributed by atoms with van der Waals surface area (Å²) in [4.78, 5) is 12.3. The molecule has 0 aliphatic carbocycles. The molecule has 1 saturated heterocycles. The van der Waals surface area contributed by atoms with Crippen molar-refractivity contribution in [1.29, 1.82) is 0 Å². The lowest BCUT2D eigenvalue weighted by atomic mass is 10.2. The van der Waals surface area contributed by atoms with Crippen molar-refractivity contribution in [2.24, 2.45) is 0 Å². The number of rotatable bonds is 8. The SMILES string of the molecule is CCc1ccc(O[C@H](C)C(=O)Nc2ccc(OC[C@@H]3CCCO3)cc2)cc1. The lowest BCUT2D eigenvalue weighted by Crippen LogP contribution is -2.30. The van der Waals surface area contributed by atoms with Gasteiger partial charge in [-0.15, -0.1) is 0 Å². The number of anilines is 1. The molecule has 27 heavy (non-hydrogen) atoms. The molecule has 0 bridgehead atoms. The Kier molecular flexibility index (Phi) is 6.71. The summed E-state index contributed by atoms with van der Waals surface area (Å²) in [6, 6.07) is 15.1. The van der Waals surface area contributed by atoms with Crippen LogP contribution < -0.4 is 14.8 Å². The van der Waals surface area contributed by atoms with Crippen molar-refractivity contribution in [2.45, 2.75) is 45.3 Å². The minimum Gasteiger partial charge on any atom is -0.491 e. The number of aryl methyl sites for hydroxylation is 1. The molecule has 3 rings (SSSR count). The minimum absolute atomic E-state index is 0.189. The van der Waals surface area contributed by atoms with Gasteiger partial charge in [-0.3, -0.25) is 4.79 Å². The third-order valence-electron chi connectivity index (χ3n) is 4.60. The van der Waals surface area contributed by atoms with E-state index in [1.165, 1.54) is 5.56 Å². The highest BCUT2D eigenvalue weighted by atomic mass is 16.5. The minimum atomic E-state index is -0.590. The van der Waals surface area contributed by atoms with Gasteiger partial charge in [-0.25, -0.2) is 0 Å². The third-order valence-corrected chi connectivity index (χ3v) is 4.60. The molecule has 144 valence electrons. The van der Waals surface area contributed by atoms with E-state index in [4.69, 9.17) is 14.2 Å². The van der Waals surface area contributed by atoms with Crippen LogP contribution in [0, 0.1) is 0 Å². The van der Waals surface area contributed by atoms with Crippen molar-refractivity contribution >= 4 is 11.6 Å². The van der Waals surface area contributed by atoms with E-state index in [-0.39, 0.29) is 12.0 Å². The highest BCUT2D eigenvalue weighted by Gasteiger charge is 2.17. The highest BCUT2D eigenvalue weighted by molar-refractivity contribution is 5.94. The molecule has 0 aromatic heterocycles. The van der Waals surface area contributed by atoms with Gasteiger partial charge in [0.25, 0.3) is 5.91 Å². The fraction of sp³-hybridized carbons (Fsp3) is 0.409. The van der Waals surface area contributed by atoms with Crippen molar-refractivity contribution < 1.29 is 19.0 Å². The molecule has 2 atom stereocenters. The second-order valence-electron chi connectivity index (χ2n) is 6.72. The van der Waals surface area contributed by atoms with E-state index in [1.807, 2.05) is 48.5 Å². The summed E-state index contributed by atoms with van der Waals surface area (Å²) in [5.41, 5.74) is 1.95. The number of amides is 1. The molecule has 0 radical (unpaired) electrons. The Morgan fingerprint density at radius 3 is 2.48 bits per heavy atom. The summed E-state index contributed by atoms with van der Waals surface area (Å²) in [6.45, 7) is 5.22. The van der Waals surface area contributed by atoms with Crippen LogP contribution in [0.5, 0.6) is 11.5 Å². The highest BCUT2D eigenvalue weighted by Crippen LogP contribution is 2.19. The molecule has 1 heterocycles. The van der Waals surface area contributed by atoms with E-state index in [9.17, 15) is 4.79 Å². The van der Waals surface area contributed by atoms with E-state index in [0.717, 1.165) is 31.6 Å². The predicted molar refractivity (Wildman–Crippen MR) is 105 cm³/mol. The molecule has 1 fully saturated rings. The molecular formula is C22H27NO4. The van der Waals surface area contributed by atoms with Gasteiger partial charge in [0.15, 0.2) is 6.10 Å². The lowest BCUT2D eigenvalue weighted by molar-refractivity contribution is -0.122. The predicted octanol–water partition coefficient (Wildman–Crippen LogP) is 4.21. The molecule has 0 unspecified atom stereocenters. The van der Waals surface area contributed by atoms with Crippen LogP contribution in [-0.4, -0.2) is 31.3 Å². The molecule has 2 aromatic rings. The Hall–Kier alpha value is -2.53. The second kappa shape index (κ2) is 9.42. The Labute approximate surface area is 160 Å². The van der Waals surface area contributed by atoms with E-state index in [2.05, 4.69) is 12.2 Å². The van der Waals surface area contributed by atoms with E-state index >= 15 is 0 Å². The Morgan fingerprint density at radius 2 is 1.85 bits per heavy atom. The molecule has 0 saturated carbocycles. The summed E-state index contributed by atoms with van der Waals surface area (Å²) >= 11 is 0. The number of carbonyl (C=O) groups is 1. The first kappa shape index (κ1) is 19.2. The van der Waals surface area contributed by atoms with Gasteiger partial charge in [0.1, 0.15) is 18.1 Å². The molecule has 5 heteroatoms. The zero-order valence-corrected chi connectivity index (χ0v) is 15.9.